The van der Waals surface area contributed by atoms with Gasteiger partial charge in [-0.25, -0.2) is 8.78 Å². The van der Waals surface area contributed by atoms with Crippen molar-refractivity contribution in [1.82, 2.24) is 25.7 Å². The zero-order valence-electron chi connectivity index (χ0n) is 19.6. The van der Waals surface area contributed by atoms with E-state index in [4.69, 9.17) is 27.6 Å². The molecule has 3 aromatic rings. The van der Waals surface area contributed by atoms with E-state index in [0.717, 1.165) is 12.1 Å². The lowest BCUT2D eigenvalue weighted by Gasteiger charge is -2.38. The van der Waals surface area contributed by atoms with Crippen LogP contribution in [-0.4, -0.2) is 46.8 Å². The molecule has 2 amide bonds. The lowest BCUT2D eigenvalue weighted by Crippen LogP contribution is -2.54. The average molecular weight is 540 g/mol. The Morgan fingerprint density at radius 2 is 2.03 bits per heavy atom. The maximum Gasteiger partial charge on any atom is 0.287 e. The number of benzene rings is 1. The Balaban J connectivity index is 1.54. The summed E-state index contributed by atoms with van der Waals surface area (Å²) in [5.41, 5.74) is 1.49. The van der Waals surface area contributed by atoms with Gasteiger partial charge in [0.15, 0.2) is 17.4 Å². The molecule has 4 rings (SSSR count). The fraction of sp³-hybridized carbons (Fsp3) is 0.375. The summed E-state index contributed by atoms with van der Waals surface area (Å²) in [5.74, 6) is -2.88. The van der Waals surface area contributed by atoms with E-state index in [-0.39, 0.29) is 28.8 Å². The number of hydrogen-bond acceptors (Lipinski definition) is 5. The smallest absolute Gasteiger partial charge is 0.287 e. The molecule has 1 saturated heterocycles. The van der Waals surface area contributed by atoms with E-state index in [1.165, 1.54) is 29.9 Å². The van der Waals surface area contributed by atoms with Crippen molar-refractivity contribution in [2.75, 3.05) is 13.1 Å². The number of aryl methyl sites for hydroxylation is 1. The minimum atomic E-state index is -0.957. The molecule has 0 bridgehead atoms. The van der Waals surface area contributed by atoms with Gasteiger partial charge in [0.1, 0.15) is 0 Å². The van der Waals surface area contributed by atoms with Crippen LogP contribution in [0.25, 0.3) is 11.3 Å². The van der Waals surface area contributed by atoms with E-state index < -0.39 is 23.6 Å². The highest BCUT2D eigenvalue weighted by Crippen LogP contribution is 2.36. The fourth-order valence-corrected chi connectivity index (χ4v) is 4.99. The molecular weight excluding hydrogens is 515 g/mol. The summed E-state index contributed by atoms with van der Waals surface area (Å²) < 4.78 is 34.7. The molecule has 3 atom stereocenters. The van der Waals surface area contributed by atoms with E-state index in [0.29, 0.717) is 47.8 Å². The third kappa shape index (κ3) is 5.71. The number of nitrogens with zero attached hydrogens (tertiary/aromatic N) is 2. The number of amides is 2. The molecule has 0 unspecified atom stereocenters. The topological polar surface area (TPSA) is 101 Å². The summed E-state index contributed by atoms with van der Waals surface area (Å²) in [7, 11) is 1.69. The van der Waals surface area contributed by atoms with Crippen molar-refractivity contribution in [1.29, 1.82) is 0 Å². The molecule has 3 N–H and O–H groups in total. The monoisotopic (exact) mass is 539 g/mol. The van der Waals surface area contributed by atoms with E-state index in [1.54, 1.807) is 7.05 Å². The molecule has 8 nitrogen and oxygen atoms in total. The van der Waals surface area contributed by atoms with Crippen molar-refractivity contribution in [3.05, 3.63) is 63.7 Å². The fourth-order valence-electron chi connectivity index (χ4n) is 4.49. The lowest BCUT2D eigenvalue weighted by atomic mass is 9.81. The van der Waals surface area contributed by atoms with Crippen LogP contribution >= 0.6 is 23.2 Å². The first-order valence-electron chi connectivity index (χ1n) is 11.3. The van der Waals surface area contributed by atoms with Crippen molar-refractivity contribution in [3.8, 4) is 11.3 Å². The molecule has 1 aliphatic rings. The number of nitrogens with one attached hydrogen (secondary N) is 3. The van der Waals surface area contributed by atoms with Gasteiger partial charge in [-0.3, -0.25) is 14.3 Å². The Kier molecular flexibility index (Phi) is 7.97. The first kappa shape index (κ1) is 26.1. The molecule has 1 aromatic carbocycles. The van der Waals surface area contributed by atoms with Crippen LogP contribution in [0.3, 0.4) is 0 Å². The lowest BCUT2D eigenvalue weighted by molar-refractivity contribution is -0.118. The van der Waals surface area contributed by atoms with Crippen LogP contribution in [0.2, 0.25) is 10.2 Å². The molecule has 12 heteroatoms. The van der Waals surface area contributed by atoms with Gasteiger partial charge in [0.05, 0.1) is 22.5 Å². The number of carbonyl (C=O) groups is 2. The van der Waals surface area contributed by atoms with Crippen LogP contribution < -0.4 is 16.0 Å². The summed E-state index contributed by atoms with van der Waals surface area (Å²) in [6, 6.07) is 4.78. The largest absolute Gasteiger partial charge is 0.439 e. The second kappa shape index (κ2) is 11.0. The summed E-state index contributed by atoms with van der Waals surface area (Å²) in [4.78, 5) is 24.3. The first-order valence-corrected chi connectivity index (χ1v) is 12.1. The third-order valence-electron chi connectivity index (χ3n) is 6.27. The molecule has 0 aliphatic carbocycles. The normalized spacial score (nSPS) is 19.8. The Bertz CT molecular complexity index is 1260. The highest BCUT2D eigenvalue weighted by molar-refractivity contribution is 6.35. The molecule has 0 radical (unpaired) electrons. The number of rotatable bonds is 7. The van der Waals surface area contributed by atoms with Crippen LogP contribution in [0, 0.1) is 11.6 Å². The second-order valence-electron chi connectivity index (χ2n) is 8.74. The van der Waals surface area contributed by atoms with Crippen molar-refractivity contribution in [2.45, 2.75) is 37.8 Å². The summed E-state index contributed by atoms with van der Waals surface area (Å²) >= 11 is 12.4. The molecular formula is C24H25Cl2F2N5O3. The van der Waals surface area contributed by atoms with Crippen LogP contribution in [0.15, 0.2) is 34.9 Å². The van der Waals surface area contributed by atoms with Crippen LogP contribution in [0.1, 0.15) is 41.8 Å². The van der Waals surface area contributed by atoms with E-state index in [9.17, 15) is 18.4 Å². The van der Waals surface area contributed by atoms with Gasteiger partial charge in [-0.2, -0.15) is 5.10 Å². The summed E-state index contributed by atoms with van der Waals surface area (Å²) in [6.07, 6.45) is 2.63. The quantitative estimate of drug-likeness (QED) is 0.420. The molecule has 1 aliphatic heterocycles. The zero-order chi connectivity index (χ0) is 26.0. The average Bonchev–Trinajstić information content (AvgIpc) is 3.37. The van der Waals surface area contributed by atoms with Crippen LogP contribution in [0.4, 0.5) is 8.78 Å². The number of piperidine rings is 1. The van der Waals surface area contributed by atoms with E-state index in [1.807, 2.05) is 0 Å². The third-order valence-corrected chi connectivity index (χ3v) is 6.82. The van der Waals surface area contributed by atoms with Gasteiger partial charge in [-0.1, -0.05) is 17.7 Å². The maximum atomic E-state index is 14.1. The van der Waals surface area contributed by atoms with Gasteiger partial charge in [-0.05, 0) is 42.1 Å². The first-order chi connectivity index (χ1) is 17.1. The zero-order valence-corrected chi connectivity index (χ0v) is 21.1. The Labute approximate surface area is 216 Å². The van der Waals surface area contributed by atoms with Crippen molar-refractivity contribution in [2.24, 2.45) is 7.05 Å². The number of halogens is 4. The van der Waals surface area contributed by atoms with Gasteiger partial charge in [0, 0.05) is 51.1 Å². The standard InChI is InChI=1S/C24H25Cl2F2N5O3/c1-12(34)29-6-5-14-8-15(13-3-4-18(27)19(28)7-13)20(11-30-14)32-24(35)21-9-16(23(26)36-21)22-17(25)10-31-33(22)2/h3-4,7,9-10,14-15,20,30H,5-6,8,11H2,1-2H3,(H,29,34)(H,32,35)/t14-,15+,20-/m1/s1. The molecule has 1 fully saturated rings. The molecule has 36 heavy (non-hydrogen) atoms. The molecule has 192 valence electrons. The van der Waals surface area contributed by atoms with Gasteiger partial charge in [-0.15, -0.1) is 0 Å². The number of hydrogen-bond donors (Lipinski definition) is 3. The summed E-state index contributed by atoms with van der Waals surface area (Å²) in [5, 5.41) is 13.5. The maximum absolute atomic E-state index is 14.1. The number of carbonyl (C=O) groups excluding carboxylic acids is 2. The second-order valence-corrected chi connectivity index (χ2v) is 9.49. The SMILES string of the molecule is CC(=O)NCC[C@@H]1C[C@@H](c2ccc(F)c(F)c2)[C@H](NC(=O)c2cc(-c3c(Cl)cnn3C)c(Cl)o2)CN1. The van der Waals surface area contributed by atoms with Crippen LogP contribution in [0.5, 0.6) is 0 Å². The Hall–Kier alpha value is -2.95. The van der Waals surface area contributed by atoms with Crippen molar-refractivity contribution < 1.29 is 22.8 Å². The molecule has 0 spiro atoms. The van der Waals surface area contributed by atoms with Gasteiger partial charge >= 0.3 is 0 Å². The highest BCUT2D eigenvalue weighted by Gasteiger charge is 2.34. The van der Waals surface area contributed by atoms with Crippen LogP contribution in [-0.2, 0) is 11.8 Å². The predicted octanol–water partition coefficient (Wildman–Crippen LogP) is 4.04. The number of aromatic nitrogens is 2. The highest BCUT2D eigenvalue weighted by atomic mass is 35.5. The Morgan fingerprint density at radius 1 is 1.25 bits per heavy atom. The van der Waals surface area contributed by atoms with Crippen molar-refractivity contribution in [3.63, 3.8) is 0 Å². The Morgan fingerprint density at radius 3 is 2.69 bits per heavy atom. The molecule has 0 saturated carbocycles. The van der Waals surface area contributed by atoms with Crippen molar-refractivity contribution >= 4 is 35.0 Å². The number of furan rings is 1. The van der Waals surface area contributed by atoms with Gasteiger partial charge in [0.2, 0.25) is 11.1 Å². The minimum Gasteiger partial charge on any atom is -0.439 e. The van der Waals surface area contributed by atoms with Gasteiger partial charge in [0.25, 0.3) is 5.91 Å². The summed E-state index contributed by atoms with van der Waals surface area (Å²) in [6.45, 7) is 2.28. The van der Waals surface area contributed by atoms with E-state index in [2.05, 4.69) is 21.0 Å². The predicted molar refractivity (Wildman–Crippen MR) is 131 cm³/mol. The molecule has 2 aromatic heterocycles. The molecule has 3 heterocycles. The minimum absolute atomic E-state index is 0.000223. The van der Waals surface area contributed by atoms with E-state index >= 15 is 0 Å². The van der Waals surface area contributed by atoms with Gasteiger partial charge < -0.3 is 20.4 Å².